The van der Waals surface area contributed by atoms with Gasteiger partial charge >= 0.3 is 0 Å². The molecule has 0 spiro atoms. The van der Waals surface area contributed by atoms with Crippen LogP contribution >= 0.6 is 11.3 Å². The van der Waals surface area contributed by atoms with Gasteiger partial charge in [0.25, 0.3) is 0 Å². The minimum absolute atomic E-state index is 0.716. The lowest BCUT2D eigenvalue weighted by Crippen LogP contribution is -1.83. The average Bonchev–Trinajstić information content (AvgIpc) is 3.08. The highest BCUT2D eigenvalue weighted by Gasteiger charge is 2.10. The largest absolute Gasteiger partial charge is 0.441 e. The van der Waals surface area contributed by atoms with Crippen LogP contribution in [0.3, 0.4) is 0 Å². The van der Waals surface area contributed by atoms with E-state index in [1.54, 1.807) is 11.3 Å². The van der Waals surface area contributed by atoms with Gasteiger partial charge in [-0.1, -0.05) is 25.1 Å². The topological polar surface area (TPSA) is 26.0 Å². The molecule has 0 unspecified atom stereocenters. The first kappa shape index (κ1) is 12.2. The molecule has 2 nitrogen and oxygen atoms in total. The normalized spacial score (nSPS) is 10.8. The third-order valence-corrected chi connectivity index (χ3v) is 4.06. The lowest BCUT2D eigenvalue weighted by atomic mass is 10.1. The van der Waals surface area contributed by atoms with Gasteiger partial charge in [0.15, 0.2) is 0 Å². The molecule has 3 aromatic rings. The molecule has 96 valence electrons. The zero-order valence-electron chi connectivity index (χ0n) is 11.0. The van der Waals surface area contributed by atoms with Crippen LogP contribution in [0.4, 0.5) is 0 Å². The third kappa shape index (κ3) is 2.34. The van der Waals surface area contributed by atoms with Crippen molar-refractivity contribution in [1.82, 2.24) is 4.98 Å². The molecule has 0 aliphatic rings. The van der Waals surface area contributed by atoms with E-state index in [1.165, 1.54) is 10.4 Å². The first-order valence-corrected chi connectivity index (χ1v) is 7.26. The van der Waals surface area contributed by atoms with Gasteiger partial charge in [-0.05, 0) is 42.5 Å². The highest BCUT2D eigenvalue weighted by Crippen LogP contribution is 2.29. The maximum absolute atomic E-state index is 5.76. The summed E-state index contributed by atoms with van der Waals surface area (Å²) < 4.78 is 5.76. The second-order valence-corrected chi connectivity index (χ2v) is 5.38. The Balaban J connectivity index is 2.03. The number of benzene rings is 1. The summed E-state index contributed by atoms with van der Waals surface area (Å²) in [5.41, 5.74) is 3.28. The number of rotatable bonds is 3. The molecule has 2 aromatic heterocycles. The second-order valence-electron chi connectivity index (χ2n) is 4.43. The molecule has 1 aromatic carbocycles. The fraction of sp³-hybridized carbons (Fsp3) is 0.188. The number of oxazole rings is 1. The van der Waals surface area contributed by atoms with Crippen LogP contribution < -0.4 is 0 Å². The summed E-state index contributed by atoms with van der Waals surface area (Å²) in [7, 11) is 0. The zero-order chi connectivity index (χ0) is 13.2. The monoisotopic (exact) mass is 269 g/mol. The van der Waals surface area contributed by atoms with Crippen molar-refractivity contribution in [3.05, 3.63) is 53.2 Å². The lowest BCUT2D eigenvalue weighted by Gasteiger charge is -2.00. The fourth-order valence-corrected chi connectivity index (χ4v) is 2.85. The maximum Gasteiger partial charge on any atom is 0.226 e. The molecule has 19 heavy (non-hydrogen) atoms. The molecule has 0 radical (unpaired) electrons. The summed E-state index contributed by atoms with van der Waals surface area (Å²) in [6.45, 7) is 4.06. The fourth-order valence-electron chi connectivity index (χ4n) is 2.13. The smallest absolute Gasteiger partial charge is 0.226 e. The summed E-state index contributed by atoms with van der Waals surface area (Å²) in [5, 5.41) is 2.09. The van der Waals surface area contributed by atoms with Gasteiger partial charge in [-0.25, -0.2) is 4.98 Å². The van der Waals surface area contributed by atoms with Gasteiger partial charge in [-0.15, -0.1) is 11.3 Å². The Morgan fingerprint density at radius 2 is 2.00 bits per heavy atom. The summed E-state index contributed by atoms with van der Waals surface area (Å²) in [4.78, 5) is 5.82. The van der Waals surface area contributed by atoms with Crippen LogP contribution in [0.15, 0.2) is 46.2 Å². The molecule has 0 saturated heterocycles. The molecular formula is C16H15NOS. The van der Waals surface area contributed by atoms with Gasteiger partial charge in [0, 0.05) is 10.4 Å². The summed E-state index contributed by atoms with van der Waals surface area (Å²) in [6, 6.07) is 12.5. The van der Waals surface area contributed by atoms with E-state index in [0.29, 0.717) is 5.89 Å². The lowest BCUT2D eigenvalue weighted by molar-refractivity contribution is 0.540. The number of nitrogens with zero attached hydrogens (tertiary/aromatic N) is 1. The van der Waals surface area contributed by atoms with Gasteiger partial charge in [-0.2, -0.15) is 0 Å². The number of hydrogen-bond donors (Lipinski definition) is 0. The van der Waals surface area contributed by atoms with Crippen LogP contribution in [0.25, 0.3) is 21.9 Å². The number of aromatic nitrogens is 1. The van der Waals surface area contributed by atoms with Crippen molar-refractivity contribution in [1.29, 1.82) is 0 Å². The van der Waals surface area contributed by atoms with E-state index >= 15 is 0 Å². The van der Waals surface area contributed by atoms with E-state index in [-0.39, 0.29) is 0 Å². The van der Waals surface area contributed by atoms with Crippen LogP contribution in [-0.4, -0.2) is 4.98 Å². The number of hydrogen-bond acceptors (Lipinski definition) is 3. The Labute approximate surface area is 116 Å². The van der Waals surface area contributed by atoms with Gasteiger partial charge in [-0.3, -0.25) is 0 Å². The Hall–Kier alpha value is -1.87. The van der Waals surface area contributed by atoms with Crippen molar-refractivity contribution in [3.63, 3.8) is 0 Å². The molecule has 0 bridgehead atoms. The minimum atomic E-state index is 0.716. The van der Waals surface area contributed by atoms with Crippen molar-refractivity contribution in [2.75, 3.05) is 0 Å². The Kier molecular flexibility index (Phi) is 3.22. The van der Waals surface area contributed by atoms with Crippen LogP contribution in [0.1, 0.15) is 18.4 Å². The van der Waals surface area contributed by atoms with Crippen LogP contribution in [0.5, 0.6) is 0 Å². The van der Waals surface area contributed by atoms with Gasteiger partial charge in [0.2, 0.25) is 5.89 Å². The summed E-state index contributed by atoms with van der Waals surface area (Å²) in [6.07, 6.45) is 0.903. The van der Waals surface area contributed by atoms with Crippen LogP contribution in [-0.2, 0) is 6.42 Å². The molecule has 3 rings (SSSR count). The number of thiophene rings is 1. The molecule has 3 heteroatoms. The first-order valence-electron chi connectivity index (χ1n) is 6.38. The Morgan fingerprint density at radius 3 is 2.68 bits per heavy atom. The molecule has 0 fully saturated rings. The predicted molar refractivity (Wildman–Crippen MR) is 79.4 cm³/mol. The van der Waals surface area contributed by atoms with Crippen molar-refractivity contribution in [3.8, 4) is 21.9 Å². The highest BCUT2D eigenvalue weighted by molar-refractivity contribution is 7.13. The molecule has 0 atom stereocenters. The molecule has 0 aliphatic carbocycles. The van der Waals surface area contributed by atoms with E-state index < -0.39 is 0 Å². The van der Waals surface area contributed by atoms with Crippen LogP contribution in [0.2, 0.25) is 0 Å². The Bertz CT molecular complexity index is 683. The van der Waals surface area contributed by atoms with Gasteiger partial charge in [0.05, 0.1) is 5.69 Å². The molecule has 0 aliphatic heterocycles. The van der Waals surface area contributed by atoms with E-state index in [0.717, 1.165) is 23.4 Å². The SMILES string of the molecule is CCc1nc(-c2cccc(-c3cccs3)c2)oc1C. The number of aryl methyl sites for hydroxylation is 2. The molecule has 0 saturated carbocycles. The van der Waals surface area contributed by atoms with E-state index in [9.17, 15) is 0 Å². The van der Waals surface area contributed by atoms with E-state index in [2.05, 4.69) is 47.6 Å². The van der Waals surface area contributed by atoms with Gasteiger partial charge < -0.3 is 4.42 Å². The summed E-state index contributed by atoms with van der Waals surface area (Å²) in [5.74, 6) is 1.63. The van der Waals surface area contributed by atoms with Crippen molar-refractivity contribution in [2.24, 2.45) is 0 Å². The van der Waals surface area contributed by atoms with Crippen LogP contribution in [0, 0.1) is 6.92 Å². The third-order valence-electron chi connectivity index (χ3n) is 3.14. The zero-order valence-corrected chi connectivity index (χ0v) is 11.8. The van der Waals surface area contributed by atoms with E-state index in [4.69, 9.17) is 4.42 Å². The first-order chi connectivity index (χ1) is 9.28. The quantitative estimate of drug-likeness (QED) is 0.673. The molecule has 0 N–H and O–H groups in total. The van der Waals surface area contributed by atoms with Crippen molar-refractivity contribution in [2.45, 2.75) is 20.3 Å². The minimum Gasteiger partial charge on any atom is -0.441 e. The van der Waals surface area contributed by atoms with E-state index in [1.807, 2.05) is 13.0 Å². The molecule has 0 amide bonds. The molecular weight excluding hydrogens is 254 g/mol. The Morgan fingerprint density at radius 1 is 1.16 bits per heavy atom. The molecule has 2 heterocycles. The predicted octanol–water partition coefficient (Wildman–Crippen LogP) is 4.94. The maximum atomic E-state index is 5.76. The average molecular weight is 269 g/mol. The standard InChI is InChI=1S/C16H15NOS/c1-3-14-11(2)18-16(17-14)13-7-4-6-12(10-13)15-8-5-9-19-15/h4-10H,3H2,1-2H3. The second kappa shape index (κ2) is 5.02. The van der Waals surface area contributed by atoms with Gasteiger partial charge in [0.1, 0.15) is 5.76 Å². The van der Waals surface area contributed by atoms with Crippen molar-refractivity contribution >= 4 is 11.3 Å². The summed E-state index contributed by atoms with van der Waals surface area (Å²) >= 11 is 1.74. The van der Waals surface area contributed by atoms with Crippen molar-refractivity contribution < 1.29 is 4.42 Å². The highest BCUT2D eigenvalue weighted by atomic mass is 32.1.